The van der Waals surface area contributed by atoms with E-state index in [1.807, 2.05) is 18.3 Å². The second-order valence-electron chi connectivity index (χ2n) is 12.3. The van der Waals surface area contributed by atoms with E-state index in [9.17, 15) is 4.79 Å². The van der Waals surface area contributed by atoms with Gasteiger partial charge in [0.2, 0.25) is 5.91 Å². The molecule has 196 valence electrons. The number of pyridine rings is 1. The molecular formula is C32H41N3OS. The van der Waals surface area contributed by atoms with Crippen molar-refractivity contribution in [3.8, 4) is 11.3 Å². The molecule has 0 bridgehead atoms. The summed E-state index contributed by atoms with van der Waals surface area (Å²) >= 11 is 1.79. The molecule has 0 unspecified atom stereocenters. The highest BCUT2D eigenvalue weighted by molar-refractivity contribution is 7.10. The molecule has 5 heteroatoms. The van der Waals surface area contributed by atoms with Crippen LogP contribution in [0.2, 0.25) is 0 Å². The zero-order chi connectivity index (χ0) is 26.0. The molecule has 37 heavy (non-hydrogen) atoms. The van der Waals surface area contributed by atoms with Crippen LogP contribution in [0, 0.1) is 0 Å². The maximum Gasteiger partial charge on any atom is 0.222 e. The van der Waals surface area contributed by atoms with Gasteiger partial charge < -0.3 is 4.90 Å². The highest BCUT2D eigenvalue weighted by atomic mass is 32.1. The van der Waals surface area contributed by atoms with Gasteiger partial charge in [0.25, 0.3) is 0 Å². The minimum absolute atomic E-state index is 0.206. The van der Waals surface area contributed by atoms with Crippen LogP contribution in [-0.4, -0.2) is 33.9 Å². The van der Waals surface area contributed by atoms with E-state index in [4.69, 9.17) is 4.98 Å². The predicted octanol–water partition coefficient (Wildman–Crippen LogP) is 7.67. The van der Waals surface area contributed by atoms with Gasteiger partial charge in [0.05, 0.1) is 10.7 Å². The first-order valence-corrected chi connectivity index (χ1v) is 14.9. The average molecular weight is 516 g/mol. The Morgan fingerprint density at radius 1 is 1.00 bits per heavy atom. The number of aromatic nitrogens is 2. The fourth-order valence-corrected chi connectivity index (χ4v) is 7.02. The molecule has 1 aliphatic heterocycles. The SMILES string of the molecule is CC1(C)CCC(C)(C)c2cc(-c3csc(C4CCN(C(=O)CCCCc5ccccn5)CC4)n3)ccc21. The lowest BCUT2D eigenvalue weighted by atomic mass is 9.63. The van der Waals surface area contributed by atoms with E-state index >= 15 is 0 Å². The number of hydrogen-bond acceptors (Lipinski definition) is 4. The Morgan fingerprint density at radius 2 is 1.76 bits per heavy atom. The van der Waals surface area contributed by atoms with E-state index in [0.717, 1.165) is 56.6 Å². The monoisotopic (exact) mass is 515 g/mol. The number of rotatable bonds is 7. The van der Waals surface area contributed by atoms with Crippen LogP contribution in [0.3, 0.4) is 0 Å². The van der Waals surface area contributed by atoms with Crippen molar-refractivity contribution in [2.75, 3.05) is 13.1 Å². The lowest BCUT2D eigenvalue weighted by Gasteiger charge is -2.42. The van der Waals surface area contributed by atoms with Crippen molar-refractivity contribution < 1.29 is 4.79 Å². The second-order valence-corrected chi connectivity index (χ2v) is 13.2. The normalized spacial score (nSPS) is 19.0. The summed E-state index contributed by atoms with van der Waals surface area (Å²) in [4.78, 5) is 24.3. The molecule has 4 nitrogen and oxygen atoms in total. The summed E-state index contributed by atoms with van der Waals surface area (Å²) in [6.45, 7) is 11.2. The number of nitrogens with zero attached hydrogens (tertiary/aromatic N) is 3. The fraction of sp³-hybridized carbons (Fsp3) is 0.531. The molecule has 0 atom stereocenters. The zero-order valence-corrected chi connectivity index (χ0v) is 23.7. The first kappa shape index (κ1) is 26.1. The average Bonchev–Trinajstić information content (AvgIpc) is 3.40. The van der Waals surface area contributed by atoms with Gasteiger partial charge in [0.15, 0.2) is 0 Å². The molecule has 1 aliphatic carbocycles. The summed E-state index contributed by atoms with van der Waals surface area (Å²) in [6, 6.07) is 13.1. The maximum absolute atomic E-state index is 12.8. The third kappa shape index (κ3) is 5.82. The number of aryl methyl sites for hydroxylation is 1. The molecule has 0 radical (unpaired) electrons. The van der Waals surface area contributed by atoms with E-state index in [0.29, 0.717) is 18.2 Å². The Kier molecular flexibility index (Phi) is 7.53. The van der Waals surface area contributed by atoms with Crippen LogP contribution in [0.25, 0.3) is 11.3 Å². The summed E-state index contributed by atoms with van der Waals surface area (Å²) in [5.41, 5.74) is 6.89. The zero-order valence-electron chi connectivity index (χ0n) is 22.9. The number of unbranched alkanes of at least 4 members (excludes halogenated alkanes) is 1. The number of amides is 1. The van der Waals surface area contributed by atoms with Crippen molar-refractivity contribution in [1.82, 2.24) is 14.9 Å². The van der Waals surface area contributed by atoms with E-state index in [-0.39, 0.29) is 10.8 Å². The van der Waals surface area contributed by atoms with Crippen molar-refractivity contribution >= 4 is 17.2 Å². The third-order valence-electron chi connectivity index (χ3n) is 8.67. The van der Waals surface area contributed by atoms with Crippen LogP contribution in [0.1, 0.15) is 100 Å². The number of benzene rings is 1. The molecule has 1 saturated heterocycles. The summed E-state index contributed by atoms with van der Waals surface area (Å²) < 4.78 is 0. The molecule has 0 spiro atoms. The van der Waals surface area contributed by atoms with Gasteiger partial charge in [-0.2, -0.15) is 0 Å². The van der Waals surface area contributed by atoms with Crippen LogP contribution in [0.15, 0.2) is 48.0 Å². The van der Waals surface area contributed by atoms with Gasteiger partial charge in [-0.1, -0.05) is 45.9 Å². The van der Waals surface area contributed by atoms with Crippen molar-refractivity contribution in [3.05, 3.63) is 69.8 Å². The van der Waals surface area contributed by atoms with Crippen molar-refractivity contribution in [2.24, 2.45) is 0 Å². The fourth-order valence-electron chi connectivity index (χ4n) is 6.02. The van der Waals surface area contributed by atoms with Gasteiger partial charge in [-0.15, -0.1) is 11.3 Å². The van der Waals surface area contributed by atoms with Gasteiger partial charge in [-0.3, -0.25) is 9.78 Å². The van der Waals surface area contributed by atoms with E-state index in [1.165, 1.54) is 34.5 Å². The molecule has 3 aromatic rings. The maximum atomic E-state index is 12.8. The number of hydrogen-bond donors (Lipinski definition) is 0. The second kappa shape index (κ2) is 10.7. The minimum Gasteiger partial charge on any atom is -0.343 e. The van der Waals surface area contributed by atoms with E-state index < -0.39 is 0 Å². The summed E-state index contributed by atoms with van der Waals surface area (Å²) in [6.07, 6.45) is 9.85. The Balaban J connectivity index is 1.15. The Labute approximate surface area is 226 Å². The van der Waals surface area contributed by atoms with E-state index in [1.54, 1.807) is 11.3 Å². The first-order chi connectivity index (χ1) is 17.7. The Hall–Kier alpha value is -2.53. The number of carbonyl (C=O) groups is 1. The van der Waals surface area contributed by atoms with Gasteiger partial charge in [-0.25, -0.2) is 4.98 Å². The standard InChI is InChI=1S/C32H41N3OS/c1-31(2)16-17-32(3,4)27-21-24(12-13-26(27)31)28-22-37-30(34-28)23-14-19-35(20-15-23)29(36)11-6-5-9-25-10-7-8-18-33-25/h7-8,10,12-13,18,21-23H,5-6,9,11,14-17,19-20H2,1-4H3. The number of thiazole rings is 1. The lowest BCUT2D eigenvalue weighted by molar-refractivity contribution is -0.132. The van der Waals surface area contributed by atoms with Gasteiger partial charge in [0, 0.05) is 48.3 Å². The van der Waals surface area contributed by atoms with Gasteiger partial charge in [-0.05, 0) is 85.1 Å². The highest BCUT2D eigenvalue weighted by Crippen LogP contribution is 2.47. The minimum atomic E-state index is 0.206. The smallest absolute Gasteiger partial charge is 0.222 e. The number of piperidine rings is 1. The molecule has 0 N–H and O–H groups in total. The summed E-state index contributed by atoms with van der Waals surface area (Å²) in [5, 5.41) is 3.46. The van der Waals surface area contributed by atoms with Gasteiger partial charge >= 0.3 is 0 Å². The number of likely N-dealkylation sites (tertiary alicyclic amines) is 1. The topological polar surface area (TPSA) is 46.1 Å². The van der Waals surface area contributed by atoms with Crippen LogP contribution in [-0.2, 0) is 22.0 Å². The lowest BCUT2D eigenvalue weighted by Crippen LogP contribution is -2.37. The van der Waals surface area contributed by atoms with Crippen molar-refractivity contribution in [1.29, 1.82) is 0 Å². The van der Waals surface area contributed by atoms with Crippen LogP contribution < -0.4 is 0 Å². The highest BCUT2D eigenvalue weighted by Gasteiger charge is 2.37. The molecule has 2 aromatic heterocycles. The number of fused-ring (bicyclic) bond motifs is 1. The molecule has 1 amide bonds. The third-order valence-corrected chi connectivity index (χ3v) is 9.67. The molecule has 3 heterocycles. The van der Waals surface area contributed by atoms with E-state index in [2.05, 4.69) is 67.2 Å². The van der Waals surface area contributed by atoms with Crippen molar-refractivity contribution in [3.63, 3.8) is 0 Å². The van der Waals surface area contributed by atoms with Crippen molar-refractivity contribution in [2.45, 2.75) is 95.8 Å². The van der Waals surface area contributed by atoms with Crippen LogP contribution in [0.5, 0.6) is 0 Å². The first-order valence-electron chi connectivity index (χ1n) is 14.0. The summed E-state index contributed by atoms with van der Waals surface area (Å²) in [7, 11) is 0. The molecular weight excluding hydrogens is 474 g/mol. The largest absolute Gasteiger partial charge is 0.343 e. The van der Waals surface area contributed by atoms with Gasteiger partial charge in [0.1, 0.15) is 0 Å². The summed E-state index contributed by atoms with van der Waals surface area (Å²) in [5.74, 6) is 0.763. The Morgan fingerprint density at radius 3 is 2.49 bits per heavy atom. The van der Waals surface area contributed by atoms with Crippen LogP contribution in [0.4, 0.5) is 0 Å². The molecule has 0 saturated carbocycles. The molecule has 5 rings (SSSR count). The Bertz CT molecular complexity index is 1220. The molecule has 1 aromatic carbocycles. The molecule has 1 fully saturated rings. The quantitative estimate of drug-likeness (QED) is 0.303. The molecule has 2 aliphatic rings. The predicted molar refractivity (Wildman–Crippen MR) is 153 cm³/mol. The van der Waals surface area contributed by atoms with Crippen LogP contribution >= 0.6 is 11.3 Å². The number of carbonyl (C=O) groups excluding carboxylic acids is 1.